The van der Waals surface area contributed by atoms with E-state index in [4.69, 9.17) is 4.74 Å². The molecule has 1 amide bonds. The number of rotatable bonds is 6. The molecule has 7 nitrogen and oxygen atoms in total. The molecule has 0 saturated carbocycles. The summed E-state index contributed by atoms with van der Waals surface area (Å²) in [6, 6.07) is 24.1. The minimum absolute atomic E-state index is 0.197. The molecule has 0 spiro atoms. The highest BCUT2D eigenvalue weighted by atomic mass is 32.2. The smallest absolute Gasteiger partial charge is 0.243 e. The molecule has 1 fully saturated rings. The number of fused-ring (bicyclic) bond motifs is 1. The van der Waals surface area contributed by atoms with Gasteiger partial charge in [-0.2, -0.15) is 4.31 Å². The van der Waals surface area contributed by atoms with Gasteiger partial charge >= 0.3 is 0 Å². The number of sulfonamides is 1. The Bertz CT molecular complexity index is 1360. The number of hydrogen-bond donors (Lipinski definition) is 1. The number of carbonyl (C=O) groups excluding carboxylic acids is 1. The van der Waals surface area contributed by atoms with Crippen LogP contribution in [0.25, 0.3) is 10.2 Å². The zero-order valence-corrected chi connectivity index (χ0v) is 19.9. The summed E-state index contributed by atoms with van der Waals surface area (Å²) in [6.45, 7) is 1.46. The summed E-state index contributed by atoms with van der Waals surface area (Å²) in [6.07, 6.45) is 0. The highest BCUT2D eigenvalue weighted by molar-refractivity contribution is 7.89. The second kappa shape index (κ2) is 9.63. The zero-order valence-electron chi connectivity index (χ0n) is 18.3. The number of amides is 1. The number of hydrogen-bond acceptors (Lipinski definition) is 6. The number of anilines is 1. The summed E-state index contributed by atoms with van der Waals surface area (Å²) < 4.78 is 33.4. The topological polar surface area (TPSA) is 88.6 Å². The summed E-state index contributed by atoms with van der Waals surface area (Å²) in [5.74, 6) is -0.690. The lowest BCUT2D eigenvalue weighted by atomic mass is 9.90. The maximum absolute atomic E-state index is 13.4. The van der Waals surface area contributed by atoms with Gasteiger partial charge in [0.15, 0.2) is 5.13 Å². The maximum Gasteiger partial charge on any atom is 0.243 e. The number of morpholine rings is 1. The van der Waals surface area contributed by atoms with Gasteiger partial charge in [-0.25, -0.2) is 13.4 Å². The summed E-state index contributed by atoms with van der Waals surface area (Å²) in [5, 5.41) is 3.37. The van der Waals surface area contributed by atoms with Gasteiger partial charge in [0.05, 0.1) is 34.2 Å². The molecular formula is C25H23N3O4S2. The molecule has 5 rings (SSSR count). The van der Waals surface area contributed by atoms with Crippen molar-refractivity contribution in [2.75, 3.05) is 31.6 Å². The summed E-state index contributed by atoms with van der Waals surface area (Å²) in [5.41, 5.74) is 2.40. The second-order valence-electron chi connectivity index (χ2n) is 7.91. The fourth-order valence-electron chi connectivity index (χ4n) is 4.02. The van der Waals surface area contributed by atoms with Gasteiger partial charge in [-0.05, 0) is 29.3 Å². The van der Waals surface area contributed by atoms with Crippen molar-refractivity contribution in [2.45, 2.75) is 10.8 Å². The number of nitrogens with zero attached hydrogens (tertiary/aromatic N) is 2. The molecule has 3 aromatic carbocycles. The van der Waals surface area contributed by atoms with Crippen LogP contribution in [-0.4, -0.2) is 49.9 Å². The van der Waals surface area contributed by atoms with E-state index >= 15 is 0 Å². The van der Waals surface area contributed by atoms with Crippen LogP contribution >= 0.6 is 11.3 Å². The minimum Gasteiger partial charge on any atom is -0.379 e. The van der Waals surface area contributed by atoms with Gasteiger partial charge in [-0.1, -0.05) is 72.0 Å². The molecular weight excluding hydrogens is 470 g/mol. The van der Waals surface area contributed by atoms with Gasteiger partial charge in [0.1, 0.15) is 0 Å². The fourth-order valence-corrected chi connectivity index (χ4v) is 6.44. The van der Waals surface area contributed by atoms with Crippen molar-refractivity contribution < 1.29 is 17.9 Å². The third-order valence-corrected chi connectivity index (χ3v) is 8.55. The lowest BCUT2D eigenvalue weighted by Crippen LogP contribution is -2.40. The third kappa shape index (κ3) is 4.60. The van der Waals surface area contributed by atoms with Crippen molar-refractivity contribution in [2.24, 2.45) is 0 Å². The summed E-state index contributed by atoms with van der Waals surface area (Å²) >= 11 is 1.26. The Morgan fingerprint density at radius 3 is 2.18 bits per heavy atom. The molecule has 0 bridgehead atoms. The first kappa shape index (κ1) is 22.7. The largest absolute Gasteiger partial charge is 0.379 e. The van der Waals surface area contributed by atoms with Gasteiger partial charge < -0.3 is 10.1 Å². The Kier molecular flexibility index (Phi) is 6.42. The van der Waals surface area contributed by atoms with Crippen LogP contribution in [0.4, 0.5) is 5.13 Å². The maximum atomic E-state index is 13.4. The Balaban J connectivity index is 1.42. The van der Waals surface area contributed by atoms with E-state index in [2.05, 4.69) is 10.3 Å². The first-order valence-electron chi connectivity index (χ1n) is 10.9. The lowest BCUT2D eigenvalue weighted by molar-refractivity contribution is -0.116. The van der Waals surface area contributed by atoms with Crippen molar-refractivity contribution in [1.29, 1.82) is 0 Å². The summed E-state index contributed by atoms with van der Waals surface area (Å²) in [4.78, 5) is 18.1. The van der Waals surface area contributed by atoms with Crippen LogP contribution in [0.2, 0.25) is 0 Å². The predicted octanol–water partition coefficient (Wildman–Crippen LogP) is 4.09. The molecule has 0 atom stereocenters. The number of ether oxygens (including phenoxy) is 1. The van der Waals surface area contributed by atoms with Gasteiger partial charge in [-0.15, -0.1) is 0 Å². The summed E-state index contributed by atoms with van der Waals surface area (Å²) in [7, 11) is -3.61. The molecule has 1 saturated heterocycles. The van der Waals surface area contributed by atoms with E-state index in [9.17, 15) is 13.2 Å². The molecule has 1 aliphatic heterocycles. The van der Waals surface area contributed by atoms with Crippen LogP contribution in [-0.2, 0) is 19.6 Å². The number of aromatic nitrogens is 1. The van der Waals surface area contributed by atoms with Crippen LogP contribution < -0.4 is 5.32 Å². The Hall–Kier alpha value is -3.11. The lowest BCUT2D eigenvalue weighted by Gasteiger charge is -2.25. The van der Waals surface area contributed by atoms with E-state index in [0.717, 1.165) is 11.1 Å². The van der Waals surface area contributed by atoms with Crippen LogP contribution in [0.1, 0.15) is 17.0 Å². The molecule has 174 valence electrons. The Morgan fingerprint density at radius 1 is 0.941 bits per heavy atom. The molecule has 0 aliphatic carbocycles. The molecule has 4 aromatic rings. The molecule has 1 aliphatic rings. The van der Waals surface area contributed by atoms with Crippen molar-refractivity contribution in [3.63, 3.8) is 0 Å². The number of nitrogens with one attached hydrogen (secondary N) is 1. The van der Waals surface area contributed by atoms with E-state index in [0.29, 0.717) is 41.7 Å². The Labute approximate surface area is 202 Å². The highest BCUT2D eigenvalue weighted by Crippen LogP contribution is 2.31. The van der Waals surface area contributed by atoms with E-state index in [-0.39, 0.29) is 10.8 Å². The van der Waals surface area contributed by atoms with E-state index in [1.807, 2.05) is 60.7 Å². The normalized spacial score (nSPS) is 15.0. The van der Waals surface area contributed by atoms with Crippen LogP contribution in [0, 0.1) is 0 Å². The molecule has 1 N–H and O–H groups in total. The SMILES string of the molecule is O=C(Nc1nc2ccc(S(=O)(=O)N3CCOCC3)cc2s1)C(c1ccccc1)c1ccccc1. The van der Waals surface area contributed by atoms with Crippen LogP contribution in [0.5, 0.6) is 0 Å². The molecule has 2 heterocycles. The third-order valence-electron chi connectivity index (χ3n) is 5.73. The first-order valence-corrected chi connectivity index (χ1v) is 13.2. The van der Waals surface area contributed by atoms with Crippen molar-refractivity contribution >= 4 is 42.6 Å². The Morgan fingerprint density at radius 2 is 1.56 bits per heavy atom. The molecule has 0 radical (unpaired) electrons. The van der Waals surface area contributed by atoms with Crippen molar-refractivity contribution in [1.82, 2.24) is 9.29 Å². The average Bonchev–Trinajstić information content (AvgIpc) is 3.27. The quantitative estimate of drug-likeness (QED) is 0.437. The zero-order chi connectivity index (χ0) is 23.5. The number of thiazole rings is 1. The number of benzene rings is 3. The standard InChI is InChI=1S/C25H23N3O4S2/c29-24(23(18-7-3-1-4-8-18)19-9-5-2-6-10-19)27-25-26-21-12-11-20(17-22(21)33-25)34(30,31)28-13-15-32-16-14-28/h1-12,17,23H,13-16H2,(H,26,27,29). The molecule has 1 aromatic heterocycles. The highest BCUT2D eigenvalue weighted by Gasteiger charge is 2.27. The molecule has 0 unspecified atom stereocenters. The fraction of sp³-hybridized carbons (Fsp3) is 0.200. The second-order valence-corrected chi connectivity index (χ2v) is 10.9. The monoisotopic (exact) mass is 493 g/mol. The molecule has 9 heteroatoms. The van der Waals surface area contributed by atoms with Gasteiger partial charge in [0.2, 0.25) is 15.9 Å². The van der Waals surface area contributed by atoms with E-state index in [1.165, 1.54) is 15.6 Å². The molecule has 34 heavy (non-hydrogen) atoms. The van der Waals surface area contributed by atoms with Gasteiger partial charge in [0, 0.05) is 13.1 Å². The van der Waals surface area contributed by atoms with Crippen LogP contribution in [0.15, 0.2) is 83.8 Å². The van der Waals surface area contributed by atoms with E-state index in [1.54, 1.807) is 18.2 Å². The van der Waals surface area contributed by atoms with Crippen molar-refractivity contribution in [3.05, 3.63) is 90.0 Å². The predicted molar refractivity (Wildman–Crippen MR) is 133 cm³/mol. The minimum atomic E-state index is -3.61. The van der Waals surface area contributed by atoms with E-state index < -0.39 is 15.9 Å². The van der Waals surface area contributed by atoms with Crippen molar-refractivity contribution in [3.8, 4) is 0 Å². The van der Waals surface area contributed by atoms with Gasteiger partial charge in [0.25, 0.3) is 0 Å². The van der Waals surface area contributed by atoms with Crippen LogP contribution in [0.3, 0.4) is 0 Å². The van der Waals surface area contributed by atoms with Gasteiger partial charge in [-0.3, -0.25) is 4.79 Å². The number of carbonyl (C=O) groups is 1. The first-order chi connectivity index (χ1) is 16.5. The average molecular weight is 494 g/mol.